The van der Waals surface area contributed by atoms with Gasteiger partial charge < -0.3 is 5.32 Å². The van der Waals surface area contributed by atoms with Crippen LogP contribution in [-0.4, -0.2) is 22.7 Å². The highest BCUT2D eigenvalue weighted by atomic mass is 35.5. The highest BCUT2D eigenvalue weighted by Gasteiger charge is 2.28. The van der Waals surface area contributed by atoms with Crippen molar-refractivity contribution in [1.82, 2.24) is 0 Å². The van der Waals surface area contributed by atoms with Gasteiger partial charge in [-0.05, 0) is 18.9 Å². The van der Waals surface area contributed by atoms with Crippen LogP contribution < -0.4 is 15.6 Å². The molecule has 0 unspecified atom stereocenters. The Balaban J connectivity index is 3.56. The number of carbonyl (C=O) groups excluding carboxylic acids is 1. The number of nitrogens with one attached hydrogen (secondary N) is 1. The Hall–Kier alpha value is -0.910. The predicted molar refractivity (Wildman–Crippen MR) is 101 cm³/mol. The Bertz CT molecular complexity index is 896. The van der Waals surface area contributed by atoms with Crippen LogP contribution in [0.5, 0.6) is 0 Å². The molecule has 0 spiro atoms. The molecular weight excluding hydrogens is 425 g/mol. The van der Waals surface area contributed by atoms with Crippen LogP contribution in [0.25, 0.3) is 0 Å². The summed E-state index contributed by atoms with van der Waals surface area (Å²) in [7, 11) is -8.80. The summed E-state index contributed by atoms with van der Waals surface area (Å²) in [5.74, 6) is -0.828. The summed E-state index contributed by atoms with van der Waals surface area (Å²) in [6.45, 7) is 3.83. The number of carbonyl (C=O) groups is 1. The lowest BCUT2D eigenvalue weighted by molar-refractivity contribution is -0.120. The summed E-state index contributed by atoms with van der Waals surface area (Å²) in [4.78, 5) is 11.1. The van der Waals surface area contributed by atoms with E-state index in [-0.39, 0.29) is 11.6 Å². The number of halogens is 2. The molecule has 0 saturated heterocycles. The molecule has 0 atom stereocenters. The molecule has 26 heavy (non-hydrogen) atoms. The zero-order chi connectivity index (χ0) is 20.3. The van der Waals surface area contributed by atoms with Gasteiger partial charge in [0.2, 0.25) is 26.0 Å². The first kappa shape index (κ1) is 23.1. The van der Waals surface area contributed by atoms with Gasteiger partial charge in [-0.1, -0.05) is 49.9 Å². The molecule has 5 N–H and O–H groups in total. The lowest BCUT2D eigenvalue weighted by Gasteiger charge is -2.19. The van der Waals surface area contributed by atoms with Crippen LogP contribution in [0.4, 0.5) is 5.69 Å². The van der Waals surface area contributed by atoms with E-state index in [9.17, 15) is 21.6 Å². The molecule has 1 amide bonds. The van der Waals surface area contributed by atoms with Crippen molar-refractivity contribution in [2.45, 2.75) is 49.3 Å². The lowest BCUT2D eigenvalue weighted by atomic mass is 9.97. The van der Waals surface area contributed by atoms with E-state index in [0.29, 0.717) is 18.9 Å². The predicted octanol–water partition coefficient (Wildman–Crippen LogP) is 2.44. The van der Waals surface area contributed by atoms with Crippen molar-refractivity contribution in [3.05, 3.63) is 16.1 Å². The fourth-order valence-corrected chi connectivity index (χ4v) is 4.72. The number of sulfonamides is 2. The van der Waals surface area contributed by atoms with Crippen LogP contribution >= 0.6 is 23.2 Å². The summed E-state index contributed by atoms with van der Waals surface area (Å²) >= 11 is 11.9. The van der Waals surface area contributed by atoms with Gasteiger partial charge in [0.15, 0.2) is 0 Å². The second-order valence-corrected chi connectivity index (χ2v) is 9.54. The van der Waals surface area contributed by atoms with E-state index in [2.05, 4.69) is 5.32 Å². The van der Waals surface area contributed by atoms with Crippen molar-refractivity contribution >= 4 is 54.8 Å². The summed E-state index contributed by atoms with van der Waals surface area (Å²) in [6, 6.07) is 0.684. The average Bonchev–Trinajstić information content (AvgIpc) is 2.49. The lowest BCUT2D eigenvalue weighted by Crippen LogP contribution is -2.26. The fourth-order valence-electron chi connectivity index (χ4n) is 2.46. The second-order valence-electron chi connectivity index (χ2n) is 5.73. The van der Waals surface area contributed by atoms with E-state index >= 15 is 0 Å². The molecule has 0 aliphatic carbocycles. The molecule has 0 radical (unpaired) electrons. The number of anilines is 1. The molecule has 0 heterocycles. The van der Waals surface area contributed by atoms with Gasteiger partial charge in [-0.2, -0.15) is 0 Å². The molecule has 0 aliphatic rings. The van der Waals surface area contributed by atoms with Gasteiger partial charge in [0.05, 0.1) is 15.7 Å². The number of amides is 1. The number of hydrogen-bond acceptors (Lipinski definition) is 5. The van der Waals surface area contributed by atoms with Gasteiger partial charge in [0, 0.05) is 5.92 Å². The molecule has 0 saturated carbocycles. The van der Waals surface area contributed by atoms with E-state index in [0.717, 1.165) is 12.8 Å². The SMILES string of the molecule is CCCC(CCC)C(=O)Nc1c(S(N)(=O)=O)cc(S(N)(=O)=O)c(Cl)c1Cl. The Morgan fingerprint density at radius 3 is 1.85 bits per heavy atom. The monoisotopic (exact) mass is 445 g/mol. The Kier molecular flexibility index (Phi) is 7.88. The van der Waals surface area contributed by atoms with Gasteiger partial charge in [0.25, 0.3) is 0 Å². The minimum atomic E-state index is -4.43. The Morgan fingerprint density at radius 2 is 1.46 bits per heavy atom. The van der Waals surface area contributed by atoms with E-state index in [4.69, 9.17) is 33.5 Å². The van der Waals surface area contributed by atoms with Crippen LogP contribution in [-0.2, 0) is 24.8 Å². The van der Waals surface area contributed by atoms with Crippen molar-refractivity contribution in [2.24, 2.45) is 16.2 Å². The molecule has 8 nitrogen and oxygen atoms in total. The number of benzene rings is 1. The van der Waals surface area contributed by atoms with Gasteiger partial charge in [-0.25, -0.2) is 27.1 Å². The van der Waals surface area contributed by atoms with Crippen molar-refractivity contribution in [3.8, 4) is 0 Å². The first-order valence-electron chi connectivity index (χ1n) is 7.73. The maximum atomic E-state index is 12.5. The van der Waals surface area contributed by atoms with E-state index in [1.165, 1.54) is 0 Å². The maximum Gasteiger partial charge on any atom is 0.240 e. The van der Waals surface area contributed by atoms with Crippen LogP contribution in [0.15, 0.2) is 15.9 Å². The zero-order valence-electron chi connectivity index (χ0n) is 14.3. The number of nitrogens with two attached hydrogens (primary N) is 2. The van der Waals surface area contributed by atoms with Crippen molar-refractivity contribution in [2.75, 3.05) is 5.32 Å². The molecule has 1 rings (SSSR count). The molecular formula is C14H21Cl2N3O5S2. The average molecular weight is 446 g/mol. The van der Waals surface area contributed by atoms with Crippen molar-refractivity contribution in [3.63, 3.8) is 0 Å². The molecule has 148 valence electrons. The third kappa shape index (κ3) is 5.54. The minimum absolute atomic E-state index is 0.367. The van der Waals surface area contributed by atoms with Gasteiger partial charge in [0.1, 0.15) is 9.79 Å². The molecule has 0 fully saturated rings. The van der Waals surface area contributed by atoms with E-state index < -0.39 is 45.8 Å². The van der Waals surface area contributed by atoms with E-state index in [1.54, 1.807) is 0 Å². The largest absolute Gasteiger partial charge is 0.323 e. The van der Waals surface area contributed by atoms with Gasteiger partial charge >= 0.3 is 0 Å². The summed E-state index contributed by atoms with van der Waals surface area (Å²) in [6.07, 6.45) is 2.67. The molecule has 0 aliphatic heterocycles. The first-order chi connectivity index (χ1) is 11.8. The quantitative estimate of drug-likeness (QED) is 0.561. The first-order valence-corrected chi connectivity index (χ1v) is 11.6. The standard InChI is InChI=1S/C14H21Cl2N3O5S2/c1-3-5-8(6-4-2)14(20)19-13-10(26(18,23)24)7-9(25(17,21)22)11(15)12(13)16/h7-8H,3-6H2,1-2H3,(H,19,20)(H2,17,21,22)(H2,18,23,24). The van der Waals surface area contributed by atoms with E-state index in [1.807, 2.05) is 13.8 Å². The third-order valence-corrected chi connectivity index (χ3v) is 6.49. The van der Waals surface area contributed by atoms with Gasteiger partial charge in [-0.3, -0.25) is 4.79 Å². The van der Waals surface area contributed by atoms with Crippen molar-refractivity contribution in [1.29, 1.82) is 0 Å². The number of primary sulfonamides is 2. The molecule has 0 aromatic heterocycles. The molecule has 0 bridgehead atoms. The van der Waals surface area contributed by atoms with Crippen LogP contribution in [0.2, 0.25) is 10.0 Å². The zero-order valence-corrected chi connectivity index (χ0v) is 17.4. The number of rotatable bonds is 8. The molecule has 1 aromatic rings. The third-order valence-electron chi connectivity index (χ3n) is 3.64. The summed E-state index contributed by atoms with van der Waals surface area (Å²) < 4.78 is 47.0. The van der Waals surface area contributed by atoms with Gasteiger partial charge in [-0.15, -0.1) is 0 Å². The molecule has 12 heteroatoms. The Morgan fingerprint density at radius 1 is 1.00 bits per heavy atom. The second kappa shape index (κ2) is 8.85. The minimum Gasteiger partial charge on any atom is -0.323 e. The van der Waals surface area contributed by atoms with Crippen LogP contribution in [0, 0.1) is 5.92 Å². The normalized spacial score (nSPS) is 12.4. The smallest absolute Gasteiger partial charge is 0.240 e. The highest BCUT2D eigenvalue weighted by Crippen LogP contribution is 2.40. The highest BCUT2D eigenvalue weighted by molar-refractivity contribution is 7.90. The number of hydrogen-bond donors (Lipinski definition) is 3. The fraction of sp³-hybridized carbons (Fsp3) is 0.500. The molecule has 1 aromatic carbocycles. The van der Waals surface area contributed by atoms with Crippen LogP contribution in [0.3, 0.4) is 0 Å². The maximum absolute atomic E-state index is 12.5. The van der Waals surface area contributed by atoms with Crippen LogP contribution in [0.1, 0.15) is 39.5 Å². The topological polar surface area (TPSA) is 149 Å². The summed E-state index contributed by atoms with van der Waals surface area (Å²) in [5.41, 5.74) is -0.367. The Labute approximate surface area is 163 Å². The summed E-state index contributed by atoms with van der Waals surface area (Å²) in [5, 5.41) is 11.6. The van der Waals surface area contributed by atoms with Crippen molar-refractivity contribution < 1.29 is 21.6 Å².